The number of carbonyl (C=O) groups is 2. The largest absolute Gasteiger partial charge is 0.462 e. The van der Waals surface area contributed by atoms with Gasteiger partial charge in [0.25, 0.3) is 0 Å². The first-order chi connectivity index (χ1) is 17.6. The van der Waals surface area contributed by atoms with Gasteiger partial charge in [0.2, 0.25) is 0 Å². The van der Waals surface area contributed by atoms with E-state index in [0.29, 0.717) is 12.8 Å². The molecule has 0 rings (SSSR count). The van der Waals surface area contributed by atoms with Crippen LogP contribution in [0.25, 0.3) is 0 Å². The molecule has 0 radical (unpaired) electrons. The van der Waals surface area contributed by atoms with Crippen molar-refractivity contribution in [3.63, 3.8) is 0 Å². The van der Waals surface area contributed by atoms with Gasteiger partial charge in [0, 0.05) is 12.8 Å². The first kappa shape index (κ1) is 35.0. The third-order valence-corrected chi connectivity index (χ3v) is 6.62. The van der Waals surface area contributed by atoms with Gasteiger partial charge < -0.3 is 15.2 Å². The van der Waals surface area contributed by atoms with Crippen LogP contribution >= 0.6 is 8.69 Å². The van der Waals surface area contributed by atoms with Crippen LogP contribution in [0, 0.1) is 0 Å². The fraction of sp³-hybridized carbons (Fsp3) is 0.929. The van der Waals surface area contributed by atoms with Gasteiger partial charge in [-0.1, -0.05) is 110 Å². The van der Waals surface area contributed by atoms with E-state index in [9.17, 15) is 14.2 Å². The van der Waals surface area contributed by atoms with Gasteiger partial charge in [-0.15, -0.1) is 0 Å². The molecule has 0 aromatic rings. The maximum Gasteiger partial charge on any atom is 0.327 e. The molecule has 0 heterocycles. The van der Waals surface area contributed by atoms with Crippen LogP contribution in [0.1, 0.15) is 142 Å². The van der Waals surface area contributed by atoms with E-state index in [-0.39, 0.29) is 25.2 Å². The molecule has 0 aromatic heterocycles. The van der Waals surface area contributed by atoms with Crippen molar-refractivity contribution in [3.8, 4) is 0 Å². The highest BCUT2D eigenvalue weighted by molar-refractivity contribution is 7.17. The fourth-order valence-electron chi connectivity index (χ4n) is 4.14. The molecule has 0 unspecified atom stereocenters. The second-order valence-corrected chi connectivity index (χ2v) is 10.2. The molecule has 2 N–H and O–H groups in total. The van der Waals surface area contributed by atoms with Crippen LogP contribution in [0.15, 0.2) is 0 Å². The molecule has 1 atom stereocenters. The molecule has 7 nitrogen and oxygen atoms in total. The Morgan fingerprint density at radius 3 is 1.56 bits per heavy atom. The lowest BCUT2D eigenvalue weighted by atomic mass is 10.0. The summed E-state index contributed by atoms with van der Waals surface area (Å²) in [4.78, 5) is 24.1. The van der Waals surface area contributed by atoms with Crippen molar-refractivity contribution in [2.75, 3.05) is 19.8 Å². The standard InChI is InChI=1S/C28H54NO6P/c1-2-3-4-5-15-19-22-28(31)35-26(25-34-36-32)24-33-27(30)21-18-16-13-11-9-7-6-8-10-12-14-17-20-23-29/h26H,2-25,29H2,1H3/t26-/m1/s1. The lowest BCUT2D eigenvalue weighted by molar-refractivity contribution is -0.160. The zero-order chi connectivity index (χ0) is 26.5. The summed E-state index contributed by atoms with van der Waals surface area (Å²) in [7, 11) is -0.487. The van der Waals surface area contributed by atoms with Crippen molar-refractivity contribution in [1.82, 2.24) is 0 Å². The fourth-order valence-corrected chi connectivity index (χ4v) is 4.37. The molecule has 36 heavy (non-hydrogen) atoms. The third kappa shape index (κ3) is 26.0. The van der Waals surface area contributed by atoms with Crippen LogP contribution in [0.3, 0.4) is 0 Å². The van der Waals surface area contributed by atoms with Gasteiger partial charge in [0.05, 0.1) is 0 Å². The topological polar surface area (TPSA) is 105 Å². The van der Waals surface area contributed by atoms with Crippen molar-refractivity contribution in [3.05, 3.63) is 0 Å². The van der Waals surface area contributed by atoms with E-state index in [0.717, 1.165) is 51.5 Å². The number of nitrogens with two attached hydrogens (primary N) is 1. The van der Waals surface area contributed by atoms with E-state index in [1.54, 1.807) is 0 Å². The Morgan fingerprint density at radius 1 is 0.639 bits per heavy atom. The Balaban J connectivity index is 3.73. The summed E-state index contributed by atoms with van der Waals surface area (Å²) in [6.07, 6.45) is 22.3. The molecule has 212 valence electrons. The van der Waals surface area contributed by atoms with Crippen molar-refractivity contribution >= 4 is 20.6 Å². The van der Waals surface area contributed by atoms with Gasteiger partial charge in [-0.25, -0.2) is 4.57 Å². The first-order valence-corrected chi connectivity index (χ1v) is 15.4. The monoisotopic (exact) mass is 531 g/mol. The molecule has 0 saturated heterocycles. The van der Waals surface area contributed by atoms with Gasteiger partial charge >= 0.3 is 20.6 Å². The number of esters is 2. The number of hydrogen-bond donors (Lipinski definition) is 1. The van der Waals surface area contributed by atoms with Gasteiger partial charge in [0.15, 0.2) is 6.10 Å². The Hall–Kier alpha value is -1.04. The van der Waals surface area contributed by atoms with E-state index in [2.05, 4.69) is 6.92 Å². The van der Waals surface area contributed by atoms with E-state index in [4.69, 9.17) is 19.7 Å². The molecule has 0 fully saturated rings. The highest BCUT2D eigenvalue weighted by atomic mass is 31.1. The number of unbranched alkanes of at least 4 members (excludes halogenated alkanes) is 17. The van der Waals surface area contributed by atoms with Crippen molar-refractivity contribution < 1.29 is 28.2 Å². The van der Waals surface area contributed by atoms with Crippen molar-refractivity contribution in [2.45, 2.75) is 148 Å². The van der Waals surface area contributed by atoms with Gasteiger partial charge in [-0.2, -0.15) is 0 Å². The van der Waals surface area contributed by atoms with E-state index in [1.165, 1.54) is 77.0 Å². The predicted molar refractivity (Wildman–Crippen MR) is 146 cm³/mol. The zero-order valence-corrected chi connectivity index (χ0v) is 23.9. The lowest BCUT2D eigenvalue weighted by Crippen LogP contribution is -2.28. The maximum absolute atomic E-state index is 12.1. The molecule has 0 aromatic carbocycles. The quantitative estimate of drug-likeness (QED) is 0.0623. The van der Waals surface area contributed by atoms with E-state index < -0.39 is 14.8 Å². The molecule has 0 amide bonds. The summed E-state index contributed by atoms with van der Waals surface area (Å²) in [6.45, 7) is 2.86. The second-order valence-electron chi connectivity index (χ2n) is 9.82. The Morgan fingerprint density at radius 2 is 1.08 bits per heavy atom. The molecule has 0 aliphatic carbocycles. The smallest absolute Gasteiger partial charge is 0.327 e. The summed E-state index contributed by atoms with van der Waals surface area (Å²) in [5.74, 6) is -0.627. The number of ether oxygens (including phenoxy) is 2. The second kappa shape index (κ2) is 28.5. The van der Waals surface area contributed by atoms with E-state index >= 15 is 0 Å². The van der Waals surface area contributed by atoms with Crippen LogP contribution in [-0.4, -0.2) is 37.8 Å². The average Bonchev–Trinajstić information content (AvgIpc) is 2.87. The predicted octanol–water partition coefficient (Wildman–Crippen LogP) is 7.84. The van der Waals surface area contributed by atoms with Crippen LogP contribution in [0.5, 0.6) is 0 Å². The summed E-state index contributed by atoms with van der Waals surface area (Å²) in [5, 5.41) is 0. The highest BCUT2D eigenvalue weighted by Crippen LogP contribution is 2.14. The average molecular weight is 532 g/mol. The lowest BCUT2D eigenvalue weighted by Gasteiger charge is -2.16. The highest BCUT2D eigenvalue weighted by Gasteiger charge is 2.17. The molecule has 0 saturated carbocycles. The summed E-state index contributed by atoms with van der Waals surface area (Å²) in [5.41, 5.74) is 5.51. The van der Waals surface area contributed by atoms with Crippen LogP contribution < -0.4 is 5.73 Å². The molecular formula is C28H54NO6P. The van der Waals surface area contributed by atoms with Gasteiger partial charge in [0.1, 0.15) is 13.2 Å². The zero-order valence-electron chi connectivity index (χ0n) is 23.0. The van der Waals surface area contributed by atoms with E-state index in [1.807, 2.05) is 0 Å². The number of carbonyl (C=O) groups excluding carboxylic acids is 2. The van der Waals surface area contributed by atoms with Crippen LogP contribution in [0.4, 0.5) is 0 Å². The summed E-state index contributed by atoms with van der Waals surface area (Å²) < 4.78 is 26.1. The van der Waals surface area contributed by atoms with Gasteiger partial charge in [-0.3, -0.25) is 14.1 Å². The number of hydrogen-bond acceptors (Lipinski definition) is 7. The molecule has 0 aliphatic heterocycles. The first-order valence-electron chi connectivity index (χ1n) is 14.6. The van der Waals surface area contributed by atoms with Gasteiger partial charge in [-0.05, 0) is 25.8 Å². The molecular weight excluding hydrogens is 477 g/mol. The van der Waals surface area contributed by atoms with Crippen molar-refractivity contribution in [2.24, 2.45) is 5.73 Å². The Bertz CT molecular complexity index is 520. The minimum Gasteiger partial charge on any atom is -0.462 e. The minimum atomic E-state index is -0.728. The normalized spacial score (nSPS) is 12.1. The van der Waals surface area contributed by atoms with Crippen LogP contribution in [0.2, 0.25) is 0 Å². The van der Waals surface area contributed by atoms with Crippen molar-refractivity contribution in [1.29, 1.82) is 0 Å². The Labute approximate surface area is 222 Å². The van der Waals surface area contributed by atoms with Crippen LogP contribution in [-0.2, 0) is 28.2 Å². The third-order valence-electron chi connectivity index (χ3n) is 6.36. The SMILES string of the molecule is CCCCCCCCC(=O)O[C@@H](COP=O)COC(=O)CCCCCCCCCCCCCCCN. The molecule has 8 heteroatoms. The number of rotatable bonds is 28. The maximum atomic E-state index is 12.1. The minimum absolute atomic E-state index is 0.0607. The molecule has 0 aliphatic rings. The molecule has 0 spiro atoms. The Kier molecular flexibility index (Phi) is 27.7. The summed E-state index contributed by atoms with van der Waals surface area (Å²) >= 11 is 0. The molecule has 0 bridgehead atoms. The summed E-state index contributed by atoms with van der Waals surface area (Å²) in [6, 6.07) is 0.